The molecule has 0 aliphatic carbocycles. The molecule has 4 heterocycles. The first kappa shape index (κ1) is 23.8. The van der Waals surface area contributed by atoms with Gasteiger partial charge in [-0.3, -0.25) is 9.78 Å². The molecule has 0 spiro atoms. The number of nitrogens with one attached hydrogen (secondary N) is 1. The Bertz CT molecular complexity index is 1290. The van der Waals surface area contributed by atoms with Crippen molar-refractivity contribution < 1.29 is 0 Å². The van der Waals surface area contributed by atoms with Gasteiger partial charge in [-0.15, -0.1) is 0 Å². The number of rotatable bonds is 0. The third kappa shape index (κ3) is 6.15. The molecule has 0 bridgehead atoms. The summed E-state index contributed by atoms with van der Waals surface area (Å²) in [4.78, 5) is 48.9. The Morgan fingerprint density at radius 1 is 0.900 bits per heavy atom. The molecule has 0 saturated heterocycles. The Balaban J connectivity index is 0.000000223. The van der Waals surface area contributed by atoms with E-state index in [-0.39, 0.29) is 31.2 Å². The summed E-state index contributed by atoms with van der Waals surface area (Å²) in [5.41, 5.74) is 11.1. The van der Waals surface area contributed by atoms with Crippen molar-refractivity contribution in [3.8, 4) is 0 Å². The molecule has 0 aromatic carbocycles. The van der Waals surface area contributed by atoms with Crippen molar-refractivity contribution in [2.75, 3.05) is 11.5 Å². The molecule has 2 radical (unpaired) electrons. The molecular weight excluding hydrogens is 391 g/mol. The van der Waals surface area contributed by atoms with Gasteiger partial charge in [-0.25, -0.2) is 24.5 Å². The number of nitrogen functional groups attached to an aromatic ring is 2. The second kappa shape index (κ2) is 10.4. The Labute approximate surface area is 171 Å². The SMILES string of the molecule is Cn1ccc(=O)[nH]c1=O.Cn1ccc(N)nc1=O.Cn1cnc2c(N)ncnc21.[BH]. The van der Waals surface area contributed by atoms with Crippen LogP contribution in [0.4, 0.5) is 11.6 Å². The molecule has 30 heavy (non-hydrogen) atoms. The third-order valence-electron chi connectivity index (χ3n) is 3.52. The van der Waals surface area contributed by atoms with E-state index in [1.165, 1.54) is 27.7 Å². The molecule has 0 saturated carbocycles. The number of nitrogens with zero attached hydrogens (tertiary/aromatic N) is 7. The van der Waals surface area contributed by atoms with Crippen molar-refractivity contribution in [2.45, 2.75) is 0 Å². The minimum absolute atomic E-state index is 0. The van der Waals surface area contributed by atoms with E-state index in [4.69, 9.17) is 11.5 Å². The first-order valence-corrected chi connectivity index (χ1v) is 8.11. The van der Waals surface area contributed by atoms with Crippen molar-refractivity contribution in [3.63, 3.8) is 0 Å². The van der Waals surface area contributed by atoms with E-state index in [1.807, 2.05) is 7.05 Å². The lowest BCUT2D eigenvalue weighted by Crippen LogP contribution is -2.26. The number of H-pyrrole nitrogens is 1. The molecule has 0 amide bonds. The Morgan fingerprint density at radius 2 is 1.57 bits per heavy atom. The molecule has 4 aromatic heterocycles. The van der Waals surface area contributed by atoms with Gasteiger partial charge >= 0.3 is 11.4 Å². The maximum absolute atomic E-state index is 10.6. The molecule has 0 unspecified atom stereocenters. The van der Waals surface area contributed by atoms with Crippen LogP contribution in [0.1, 0.15) is 0 Å². The lowest BCUT2D eigenvalue weighted by molar-refractivity contribution is 0.799. The molecule has 13 nitrogen and oxygen atoms in total. The average molecular weight is 412 g/mol. The van der Waals surface area contributed by atoms with Gasteiger partial charge in [0.25, 0.3) is 5.56 Å². The monoisotopic (exact) mass is 412 g/mol. The molecule has 0 fully saturated rings. The molecule has 5 N–H and O–H groups in total. The minimum atomic E-state index is -0.387. The number of imidazole rings is 1. The zero-order valence-electron chi connectivity index (χ0n) is 16.7. The highest BCUT2D eigenvalue weighted by Gasteiger charge is 2.03. The summed E-state index contributed by atoms with van der Waals surface area (Å²) < 4.78 is 4.45. The highest BCUT2D eigenvalue weighted by atomic mass is 16.2. The van der Waals surface area contributed by atoms with Crippen LogP contribution in [0.3, 0.4) is 0 Å². The van der Waals surface area contributed by atoms with Crippen LogP contribution < -0.4 is 28.4 Å². The van der Waals surface area contributed by atoms with Gasteiger partial charge in [0.15, 0.2) is 11.5 Å². The lowest BCUT2D eigenvalue weighted by atomic mass is 10.5. The summed E-state index contributed by atoms with van der Waals surface area (Å²) in [7, 11) is 5.05. The fourth-order valence-electron chi connectivity index (χ4n) is 1.92. The van der Waals surface area contributed by atoms with Crippen molar-refractivity contribution in [1.82, 2.24) is 38.6 Å². The predicted octanol–water partition coefficient (Wildman–Crippen LogP) is -2.27. The summed E-state index contributed by atoms with van der Waals surface area (Å²) in [6.45, 7) is 0. The van der Waals surface area contributed by atoms with E-state index in [2.05, 4.69) is 24.9 Å². The topological polar surface area (TPSA) is 185 Å². The summed E-state index contributed by atoms with van der Waals surface area (Å²) in [5.74, 6) is 0.689. The second-order valence-electron chi connectivity index (χ2n) is 5.75. The maximum atomic E-state index is 10.6. The van der Waals surface area contributed by atoms with Crippen molar-refractivity contribution >= 4 is 31.2 Å². The normalized spacial score (nSPS) is 9.57. The molecular formula is C16H21BN10O3. The van der Waals surface area contributed by atoms with Crippen LogP contribution >= 0.6 is 0 Å². The molecule has 0 aliphatic rings. The van der Waals surface area contributed by atoms with Crippen LogP contribution in [-0.2, 0) is 21.1 Å². The van der Waals surface area contributed by atoms with Gasteiger partial charge < -0.3 is 25.2 Å². The zero-order valence-corrected chi connectivity index (χ0v) is 16.7. The Morgan fingerprint density at radius 3 is 2.10 bits per heavy atom. The number of aromatic nitrogens is 8. The first-order valence-electron chi connectivity index (χ1n) is 8.11. The van der Waals surface area contributed by atoms with Crippen LogP contribution in [0.25, 0.3) is 11.2 Å². The number of aryl methyl sites for hydroxylation is 3. The molecule has 4 aromatic rings. The van der Waals surface area contributed by atoms with Crippen LogP contribution in [0.2, 0.25) is 0 Å². The highest BCUT2D eigenvalue weighted by molar-refractivity contribution is 5.80. The largest absolute Gasteiger partial charge is 0.383 e. The van der Waals surface area contributed by atoms with Crippen molar-refractivity contribution in [1.29, 1.82) is 0 Å². The van der Waals surface area contributed by atoms with Crippen LogP contribution in [-0.4, -0.2) is 47.0 Å². The zero-order chi connectivity index (χ0) is 21.6. The number of anilines is 2. The maximum Gasteiger partial charge on any atom is 0.349 e. The van der Waals surface area contributed by atoms with Crippen LogP contribution in [0.5, 0.6) is 0 Å². The third-order valence-corrected chi connectivity index (χ3v) is 3.52. The summed E-state index contributed by atoms with van der Waals surface area (Å²) in [6.07, 6.45) is 6.08. The molecule has 0 atom stereocenters. The summed E-state index contributed by atoms with van der Waals surface area (Å²) in [6, 6.07) is 2.86. The van der Waals surface area contributed by atoms with E-state index in [9.17, 15) is 14.4 Å². The van der Waals surface area contributed by atoms with E-state index in [1.54, 1.807) is 37.3 Å². The Kier molecular flexibility index (Phi) is 8.22. The molecule has 156 valence electrons. The van der Waals surface area contributed by atoms with E-state index < -0.39 is 0 Å². The fraction of sp³-hybridized carbons (Fsp3) is 0.188. The Hall–Kier alpha value is -4.23. The van der Waals surface area contributed by atoms with E-state index >= 15 is 0 Å². The number of fused-ring (bicyclic) bond motifs is 1. The average Bonchev–Trinajstić information content (AvgIpc) is 3.06. The molecule has 4 rings (SSSR count). The van der Waals surface area contributed by atoms with Crippen LogP contribution in [0, 0.1) is 0 Å². The minimum Gasteiger partial charge on any atom is -0.383 e. The number of nitrogens with two attached hydrogens (primary N) is 2. The van der Waals surface area contributed by atoms with Crippen LogP contribution in [0.15, 0.2) is 51.6 Å². The van der Waals surface area contributed by atoms with Gasteiger partial charge in [-0.05, 0) is 6.07 Å². The highest BCUT2D eigenvalue weighted by Crippen LogP contribution is 2.11. The van der Waals surface area contributed by atoms with Crippen molar-refractivity contribution in [3.05, 3.63) is 68.5 Å². The number of hydrogen-bond acceptors (Lipinski definition) is 9. The first-order chi connectivity index (χ1) is 13.7. The summed E-state index contributed by atoms with van der Waals surface area (Å²) in [5, 5.41) is 0. The van der Waals surface area contributed by atoms with Gasteiger partial charge in [0, 0.05) is 48.0 Å². The van der Waals surface area contributed by atoms with E-state index in [0.717, 1.165) is 5.65 Å². The van der Waals surface area contributed by atoms with Gasteiger partial charge in [0.2, 0.25) is 0 Å². The van der Waals surface area contributed by atoms with E-state index in [0.29, 0.717) is 11.3 Å². The smallest absolute Gasteiger partial charge is 0.349 e. The van der Waals surface area contributed by atoms with Gasteiger partial charge in [-0.2, -0.15) is 4.98 Å². The lowest BCUT2D eigenvalue weighted by Gasteiger charge is -1.92. The molecule has 14 heteroatoms. The second-order valence-corrected chi connectivity index (χ2v) is 5.75. The fourth-order valence-corrected chi connectivity index (χ4v) is 1.92. The predicted molar refractivity (Wildman–Crippen MR) is 114 cm³/mol. The number of hydrogen-bond donors (Lipinski definition) is 3. The van der Waals surface area contributed by atoms with Gasteiger partial charge in [0.05, 0.1) is 6.33 Å². The molecule has 0 aliphatic heterocycles. The standard InChI is InChI=1S/C6H7N5.C5H7N3O.C5H6N2O2.BH/c1-11-3-10-4-5(7)8-2-9-6(4)11;1-8-3-2-4(6)7-5(8)9;1-7-3-2-4(8)6-5(7)9;/h2-3H,1H3,(H2,7,8,9);2-3H,1H3,(H2,6,7,9);2-3H,1H3,(H,6,8,9);1H. The quantitative estimate of drug-likeness (QED) is 0.268. The summed E-state index contributed by atoms with van der Waals surface area (Å²) >= 11 is 0. The van der Waals surface area contributed by atoms with Gasteiger partial charge in [-0.1, -0.05) is 0 Å². The van der Waals surface area contributed by atoms with Crippen molar-refractivity contribution in [2.24, 2.45) is 21.1 Å². The van der Waals surface area contributed by atoms with Gasteiger partial charge in [0.1, 0.15) is 17.7 Å². The number of aromatic amines is 1.